The summed E-state index contributed by atoms with van der Waals surface area (Å²) in [5.74, 6) is -0.279. The van der Waals surface area contributed by atoms with Crippen molar-refractivity contribution in [1.29, 1.82) is 0 Å². The Kier molecular flexibility index (Phi) is 3.26. The minimum absolute atomic E-state index is 0.265. The molecular formula is C11H12BrFN2S. The van der Waals surface area contributed by atoms with Crippen LogP contribution in [0.2, 0.25) is 0 Å². The first-order valence-corrected chi connectivity index (χ1v) is 6.97. The maximum absolute atomic E-state index is 13.7. The zero-order valence-electron chi connectivity index (χ0n) is 9.29. The fourth-order valence-corrected chi connectivity index (χ4v) is 2.85. The molecule has 16 heavy (non-hydrogen) atoms. The van der Waals surface area contributed by atoms with Crippen LogP contribution in [-0.4, -0.2) is 15.8 Å². The van der Waals surface area contributed by atoms with Crippen molar-refractivity contribution in [3.05, 3.63) is 22.4 Å². The Morgan fingerprint density at radius 1 is 1.44 bits per heavy atom. The third kappa shape index (κ3) is 1.86. The van der Waals surface area contributed by atoms with Crippen LogP contribution in [0.15, 0.2) is 21.8 Å². The van der Waals surface area contributed by atoms with Gasteiger partial charge in [-0.2, -0.15) is 0 Å². The average Bonchev–Trinajstić information content (AvgIpc) is 2.56. The maximum atomic E-state index is 13.7. The first-order chi connectivity index (χ1) is 7.54. The normalized spacial score (nSPS) is 11.6. The van der Waals surface area contributed by atoms with Crippen molar-refractivity contribution in [2.75, 3.05) is 6.26 Å². The monoisotopic (exact) mass is 302 g/mol. The van der Waals surface area contributed by atoms with Crippen LogP contribution in [0.3, 0.4) is 0 Å². The topological polar surface area (TPSA) is 17.8 Å². The lowest BCUT2D eigenvalue weighted by Gasteiger charge is -2.11. The fourth-order valence-electron chi connectivity index (χ4n) is 1.74. The predicted molar refractivity (Wildman–Crippen MR) is 69.6 cm³/mol. The van der Waals surface area contributed by atoms with Crippen molar-refractivity contribution in [1.82, 2.24) is 9.55 Å². The quantitative estimate of drug-likeness (QED) is 0.772. The zero-order valence-corrected chi connectivity index (χ0v) is 11.7. The highest BCUT2D eigenvalue weighted by atomic mass is 79.9. The van der Waals surface area contributed by atoms with Crippen LogP contribution < -0.4 is 0 Å². The van der Waals surface area contributed by atoms with Crippen molar-refractivity contribution in [2.45, 2.75) is 25.0 Å². The number of halogens is 2. The smallest absolute Gasteiger partial charge is 0.169 e. The van der Waals surface area contributed by atoms with E-state index in [1.807, 2.05) is 16.9 Å². The lowest BCUT2D eigenvalue weighted by molar-refractivity contribution is 0.567. The van der Waals surface area contributed by atoms with Crippen LogP contribution in [0.1, 0.15) is 19.9 Å². The first kappa shape index (κ1) is 11.9. The predicted octanol–water partition coefficient (Wildman–Crippen LogP) is 4.24. The molecule has 0 aliphatic rings. The highest BCUT2D eigenvalue weighted by molar-refractivity contribution is 9.10. The second-order valence-electron chi connectivity index (χ2n) is 3.82. The van der Waals surface area contributed by atoms with Gasteiger partial charge >= 0.3 is 0 Å². The summed E-state index contributed by atoms with van der Waals surface area (Å²) < 4.78 is 16.5. The summed E-state index contributed by atoms with van der Waals surface area (Å²) in [6.45, 7) is 4.14. The number of thioether (sulfide) groups is 1. The Bertz CT molecular complexity index is 536. The van der Waals surface area contributed by atoms with Crippen LogP contribution in [0.4, 0.5) is 4.39 Å². The SMILES string of the molecule is CSc1nc2c(F)cc(Br)cc2n1C(C)C. The molecule has 0 aliphatic carbocycles. The molecule has 2 aromatic rings. The number of fused-ring (bicyclic) bond motifs is 1. The van der Waals surface area contributed by atoms with E-state index in [1.54, 1.807) is 0 Å². The number of hydrogen-bond acceptors (Lipinski definition) is 2. The summed E-state index contributed by atoms with van der Waals surface area (Å²) in [6, 6.07) is 3.62. The molecule has 0 bridgehead atoms. The van der Waals surface area contributed by atoms with E-state index in [4.69, 9.17) is 0 Å². The molecule has 86 valence electrons. The number of imidazole rings is 1. The number of hydrogen-bond donors (Lipinski definition) is 0. The van der Waals surface area contributed by atoms with Crippen LogP contribution >= 0.6 is 27.7 Å². The van der Waals surface area contributed by atoms with Gasteiger partial charge < -0.3 is 4.57 Å². The number of benzene rings is 1. The van der Waals surface area contributed by atoms with Gasteiger partial charge in [0.05, 0.1) is 5.52 Å². The molecule has 0 aliphatic heterocycles. The second-order valence-corrected chi connectivity index (χ2v) is 5.51. The largest absolute Gasteiger partial charge is 0.316 e. The summed E-state index contributed by atoms with van der Waals surface area (Å²) in [5.41, 5.74) is 1.28. The molecule has 2 rings (SSSR count). The zero-order chi connectivity index (χ0) is 11.9. The fraction of sp³-hybridized carbons (Fsp3) is 0.364. The van der Waals surface area contributed by atoms with E-state index in [0.29, 0.717) is 5.52 Å². The molecule has 5 heteroatoms. The van der Waals surface area contributed by atoms with Gasteiger partial charge in [0, 0.05) is 10.5 Å². The minimum Gasteiger partial charge on any atom is -0.316 e. The van der Waals surface area contributed by atoms with Crippen LogP contribution in [0.5, 0.6) is 0 Å². The van der Waals surface area contributed by atoms with E-state index in [1.165, 1.54) is 17.8 Å². The van der Waals surface area contributed by atoms with Crippen molar-refractivity contribution >= 4 is 38.7 Å². The van der Waals surface area contributed by atoms with Gasteiger partial charge in [0.25, 0.3) is 0 Å². The molecule has 0 fully saturated rings. The van der Waals surface area contributed by atoms with E-state index in [9.17, 15) is 4.39 Å². The highest BCUT2D eigenvalue weighted by Crippen LogP contribution is 2.30. The summed E-state index contributed by atoms with van der Waals surface area (Å²) >= 11 is 4.84. The van der Waals surface area contributed by atoms with Gasteiger partial charge in [-0.3, -0.25) is 0 Å². The van der Waals surface area contributed by atoms with Crippen LogP contribution in [0.25, 0.3) is 11.0 Å². The van der Waals surface area contributed by atoms with E-state index < -0.39 is 0 Å². The third-order valence-electron chi connectivity index (χ3n) is 2.38. The summed E-state index contributed by atoms with van der Waals surface area (Å²) in [6.07, 6.45) is 1.95. The van der Waals surface area contributed by atoms with Gasteiger partial charge in [-0.15, -0.1) is 0 Å². The molecular weight excluding hydrogens is 291 g/mol. The lowest BCUT2D eigenvalue weighted by Crippen LogP contribution is -2.01. The molecule has 0 amide bonds. The molecule has 1 aromatic heterocycles. The Labute approximate surface area is 106 Å². The minimum atomic E-state index is -0.279. The summed E-state index contributed by atoms with van der Waals surface area (Å²) in [7, 11) is 0. The van der Waals surface area contributed by atoms with Gasteiger partial charge in [-0.25, -0.2) is 9.37 Å². The van der Waals surface area contributed by atoms with Crippen LogP contribution in [0, 0.1) is 5.82 Å². The standard InChI is InChI=1S/C11H12BrFN2S/c1-6(2)15-9-5-7(12)4-8(13)10(9)14-11(15)16-3/h4-6H,1-3H3. The van der Waals surface area contributed by atoms with E-state index in [2.05, 4.69) is 34.8 Å². The summed E-state index contributed by atoms with van der Waals surface area (Å²) in [5, 5.41) is 0.849. The van der Waals surface area contributed by atoms with E-state index >= 15 is 0 Å². The van der Waals surface area contributed by atoms with Crippen molar-refractivity contribution in [2.24, 2.45) is 0 Å². The Morgan fingerprint density at radius 3 is 2.69 bits per heavy atom. The number of rotatable bonds is 2. The average molecular weight is 303 g/mol. The van der Waals surface area contributed by atoms with E-state index in [0.717, 1.165) is 15.1 Å². The molecule has 0 saturated carbocycles. The van der Waals surface area contributed by atoms with Gasteiger partial charge in [0.2, 0.25) is 0 Å². The summed E-state index contributed by atoms with van der Waals surface area (Å²) in [4.78, 5) is 4.32. The van der Waals surface area contributed by atoms with Gasteiger partial charge in [-0.1, -0.05) is 27.7 Å². The van der Waals surface area contributed by atoms with Gasteiger partial charge in [0.1, 0.15) is 5.52 Å². The van der Waals surface area contributed by atoms with Gasteiger partial charge in [0.15, 0.2) is 11.0 Å². The molecule has 0 N–H and O–H groups in total. The lowest BCUT2D eigenvalue weighted by atomic mass is 10.3. The second kappa shape index (κ2) is 4.37. The maximum Gasteiger partial charge on any atom is 0.169 e. The molecule has 0 unspecified atom stereocenters. The van der Waals surface area contributed by atoms with Crippen molar-refractivity contribution in [3.8, 4) is 0 Å². The molecule has 0 radical (unpaired) electrons. The van der Waals surface area contributed by atoms with Crippen molar-refractivity contribution < 1.29 is 4.39 Å². The molecule has 0 spiro atoms. The van der Waals surface area contributed by atoms with Crippen molar-refractivity contribution in [3.63, 3.8) is 0 Å². The Hall–Kier alpha value is -0.550. The highest BCUT2D eigenvalue weighted by Gasteiger charge is 2.15. The Morgan fingerprint density at radius 2 is 2.12 bits per heavy atom. The molecule has 1 heterocycles. The molecule has 0 atom stereocenters. The molecule has 2 nitrogen and oxygen atoms in total. The third-order valence-corrected chi connectivity index (χ3v) is 3.49. The van der Waals surface area contributed by atoms with E-state index in [-0.39, 0.29) is 11.9 Å². The molecule has 0 saturated heterocycles. The first-order valence-electron chi connectivity index (χ1n) is 4.95. The van der Waals surface area contributed by atoms with Crippen LogP contribution in [-0.2, 0) is 0 Å². The van der Waals surface area contributed by atoms with Gasteiger partial charge in [-0.05, 0) is 32.2 Å². The Balaban J connectivity index is 2.84. The number of aromatic nitrogens is 2. The molecule has 1 aromatic carbocycles. The number of nitrogens with zero attached hydrogens (tertiary/aromatic N) is 2.